The van der Waals surface area contributed by atoms with E-state index in [1.165, 1.54) is 12.1 Å². The van der Waals surface area contributed by atoms with Crippen LogP contribution in [0.1, 0.15) is 29.3 Å². The number of carboxylic acids is 1. The molecule has 0 radical (unpaired) electrons. The number of rotatable bonds is 2. The number of anilines is 1. The van der Waals surface area contributed by atoms with Crippen molar-refractivity contribution in [2.24, 2.45) is 0 Å². The van der Waals surface area contributed by atoms with E-state index in [1.807, 2.05) is 4.90 Å². The largest absolute Gasteiger partial charge is 0.478 e. The Labute approximate surface area is 123 Å². The Morgan fingerprint density at radius 2 is 2.00 bits per heavy atom. The van der Waals surface area contributed by atoms with E-state index in [4.69, 9.17) is 5.11 Å². The van der Waals surface area contributed by atoms with Crippen molar-refractivity contribution >= 4 is 17.6 Å². The van der Waals surface area contributed by atoms with Gasteiger partial charge in [0.25, 0.3) is 0 Å². The summed E-state index contributed by atoms with van der Waals surface area (Å²) < 4.78 is 0. The first kappa shape index (κ1) is 14.9. The number of nitriles is 1. The van der Waals surface area contributed by atoms with Gasteiger partial charge in [0, 0.05) is 33.1 Å². The number of hydrogen-bond acceptors (Lipinski definition) is 4. The summed E-state index contributed by atoms with van der Waals surface area (Å²) in [5.74, 6) is -0.991. The number of aromatic carboxylic acids is 1. The molecule has 1 aliphatic heterocycles. The summed E-state index contributed by atoms with van der Waals surface area (Å²) >= 11 is 0. The lowest BCUT2D eigenvalue weighted by Crippen LogP contribution is -2.33. The lowest BCUT2D eigenvalue weighted by atomic mass is 10.1. The fourth-order valence-corrected chi connectivity index (χ4v) is 2.51. The first-order chi connectivity index (χ1) is 10.0. The first-order valence-electron chi connectivity index (χ1n) is 6.81. The SMILES string of the molecule is CC(=O)N1CCCN(c2ccc(C(=O)O)cc2C#N)CC1. The van der Waals surface area contributed by atoms with Crippen molar-refractivity contribution in [1.82, 2.24) is 4.90 Å². The van der Waals surface area contributed by atoms with Crippen molar-refractivity contribution in [2.45, 2.75) is 13.3 Å². The Kier molecular flexibility index (Phi) is 4.43. The highest BCUT2D eigenvalue weighted by molar-refractivity contribution is 5.89. The van der Waals surface area contributed by atoms with Crippen LogP contribution in [0.5, 0.6) is 0 Å². The average Bonchev–Trinajstić information content (AvgIpc) is 2.72. The number of carbonyl (C=O) groups excluding carboxylic acids is 1. The number of carbonyl (C=O) groups is 2. The molecule has 1 amide bonds. The van der Waals surface area contributed by atoms with Crippen LogP contribution in [0.3, 0.4) is 0 Å². The van der Waals surface area contributed by atoms with Crippen LogP contribution in [0.2, 0.25) is 0 Å². The van der Waals surface area contributed by atoms with Crippen LogP contribution in [0.4, 0.5) is 5.69 Å². The van der Waals surface area contributed by atoms with Crippen LogP contribution in [0.15, 0.2) is 18.2 Å². The van der Waals surface area contributed by atoms with Crippen LogP contribution < -0.4 is 4.90 Å². The van der Waals surface area contributed by atoms with Gasteiger partial charge < -0.3 is 14.9 Å². The average molecular weight is 287 g/mol. The number of benzene rings is 1. The van der Waals surface area contributed by atoms with Gasteiger partial charge in [0.2, 0.25) is 5.91 Å². The smallest absolute Gasteiger partial charge is 0.335 e. The number of nitrogens with zero attached hydrogens (tertiary/aromatic N) is 3. The quantitative estimate of drug-likeness (QED) is 0.886. The zero-order valence-electron chi connectivity index (χ0n) is 11.9. The lowest BCUT2D eigenvalue weighted by molar-refractivity contribution is -0.128. The van der Waals surface area contributed by atoms with E-state index < -0.39 is 5.97 Å². The Balaban J connectivity index is 2.24. The lowest BCUT2D eigenvalue weighted by Gasteiger charge is -2.24. The third-order valence-electron chi connectivity index (χ3n) is 3.65. The van der Waals surface area contributed by atoms with Gasteiger partial charge >= 0.3 is 5.97 Å². The molecule has 1 aliphatic rings. The van der Waals surface area contributed by atoms with Crippen molar-refractivity contribution < 1.29 is 14.7 Å². The third-order valence-corrected chi connectivity index (χ3v) is 3.65. The molecule has 110 valence electrons. The van der Waals surface area contributed by atoms with E-state index in [1.54, 1.807) is 17.9 Å². The van der Waals surface area contributed by atoms with E-state index in [0.29, 0.717) is 25.2 Å². The van der Waals surface area contributed by atoms with Crippen molar-refractivity contribution in [1.29, 1.82) is 5.26 Å². The molecule has 21 heavy (non-hydrogen) atoms. The second kappa shape index (κ2) is 6.27. The molecule has 2 rings (SSSR count). The Morgan fingerprint density at radius 1 is 1.24 bits per heavy atom. The van der Waals surface area contributed by atoms with Gasteiger partial charge in [-0.3, -0.25) is 4.79 Å². The molecule has 1 N–H and O–H groups in total. The maximum atomic E-state index is 11.4. The molecule has 0 atom stereocenters. The van der Waals surface area contributed by atoms with E-state index in [9.17, 15) is 14.9 Å². The van der Waals surface area contributed by atoms with E-state index >= 15 is 0 Å². The third kappa shape index (κ3) is 3.31. The molecular weight excluding hydrogens is 270 g/mol. The van der Waals surface area contributed by atoms with Crippen molar-refractivity contribution in [3.63, 3.8) is 0 Å². The molecule has 1 fully saturated rings. The fourth-order valence-electron chi connectivity index (χ4n) is 2.51. The minimum atomic E-state index is -1.04. The Bertz CT molecular complexity index is 607. The first-order valence-corrected chi connectivity index (χ1v) is 6.81. The number of amides is 1. The van der Waals surface area contributed by atoms with Gasteiger partial charge in [-0.05, 0) is 24.6 Å². The van der Waals surface area contributed by atoms with Crippen LogP contribution >= 0.6 is 0 Å². The van der Waals surface area contributed by atoms with Crippen LogP contribution in [-0.4, -0.2) is 48.1 Å². The summed E-state index contributed by atoms with van der Waals surface area (Å²) in [4.78, 5) is 26.2. The normalized spacial score (nSPS) is 15.2. The second-order valence-electron chi connectivity index (χ2n) is 5.00. The molecule has 1 aromatic carbocycles. The molecule has 6 heteroatoms. The molecule has 0 aliphatic carbocycles. The maximum Gasteiger partial charge on any atom is 0.335 e. The van der Waals surface area contributed by atoms with E-state index in [2.05, 4.69) is 6.07 Å². The molecule has 1 aromatic rings. The van der Waals surface area contributed by atoms with Gasteiger partial charge in [-0.15, -0.1) is 0 Å². The molecule has 1 saturated heterocycles. The van der Waals surface area contributed by atoms with E-state index in [0.717, 1.165) is 18.7 Å². The van der Waals surface area contributed by atoms with E-state index in [-0.39, 0.29) is 11.5 Å². The molecule has 0 spiro atoms. The standard InChI is InChI=1S/C15H17N3O3/c1-11(19)17-5-2-6-18(8-7-17)14-4-3-12(15(20)21)9-13(14)10-16/h3-4,9H,2,5-8H2,1H3,(H,20,21). The van der Waals surface area contributed by atoms with Crippen LogP contribution in [-0.2, 0) is 4.79 Å². The Hall–Kier alpha value is -2.55. The summed E-state index contributed by atoms with van der Waals surface area (Å²) in [6.07, 6.45) is 0.825. The summed E-state index contributed by atoms with van der Waals surface area (Å²) in [6, 6.07) is 6.63. The summed E-state index contributed by atoms with van der Waals surface area (Å²) in [5.41, 5.74) is 1.19. The van der Waals surface area contributed by atoms with Gasteiger partial charge in [0.05, 0.1) is 16.8 Å². The molecule has 0 bridgehead atoms. The predicted octanol–water partition coefficient (Wildman–Crippen LogP) is 1.32. The summed E-state index contributed by atoms with van der Waals surface area (Å²) in [5, 5.41) is 18.2. The molecular formula is C15H17N3O3. The zero-order valence-corrected chi connectivity index (χ0v) is 11.9. The fraction of sp³-hybridized carbons (Fsp3) is 0.400. The minimum absolute atomic E-state index is 0.0542. The zero-order chi connectivity index (χ0) is 15.4. The molecule has 0 saturated carbocycles. The number of hydrogen-bond donors (Lipinski definition) is 1. The topological polar surface area (TPSA) is 84.6 Å². The highest BCUT2D eigenvalue weighted by Crippen LogP contribution is 2.23. The summed E-state index contributed by atoms with van der Waals surface area (Å²) in [7, 11) is 0. The second-order valence-corrected chi connectivity index (χ2v) is 5.00. The molecule has 0 aromatic heterocycles. The van der Waals surface area contributed by atoms with Gasteiger partial charge in [-0.2, -0.15) is 5.26 Å². The summed E-state index contributed by atoms with van der Waals surface area (Å²) in [6.45, 7) is 4.26. The van der Waals surface area contributed by atoms with Crippen LogP contribution in [0, 0.1) is 11.3 Å². The molecule has 0 unspecified atom stereocenters. The number of carboxylic acid groups (broad SMARTS) is 1. The van der Waals surface area contributed by atoms with Crippen molar-refractivity contribution in [3.05, 3.63) is 29.3 Å². The van der Waals surface area contributed by atoms with Crippen molar-refractivity contribution in [2.75, 3.05) is 31.1 Å². The van der Waals surface area contributed by atoms with Crippen LogP contribution in [0.25, 0.3) is 0 Å². The van der Waals surface area contributed by atoms with Gasteiger partial charge in [-0.1, -0.05) is 0 Å². The van der Waals surface area contributed by atoms with Gasteiger partial charge in [-0.25, -0.2) is 4.79 Å². The highest BCUT2D eigenvalue weighted by atomic mass is 16.4. The monoisotopic (exact) mass is 287 g/mol. The molecule has 6 nitrogen and oxygen atoms in total. The minimum Gasteiger partial charge on any atom is -0.478 e. The van der Waals surface area contributed by atoms with Gasteiger partial charge in [0.1, 0.15) is 6.07 Å². The Morgan fingerprint density at radius 3 is 2.62 bits per heavy atom. The highest BCUT2D eigenvalue weighted by Gasteiger charge is 2.19. The maximum absolute atomic E-state index is 11.4. The van der Waals surface area contributed by atoms with Crippen molar-refractivity contribution in [3.8, 4) is 6.07 Å². The molecule has 1 heterocycles. The predicted molar refractivity (Wildman–Crippen MR) is 77.2 cm³/mol. The van der Waals surface area contributed by atoms with Gasteiger partial charge in [0.15, 0.2) is 0 Å².